The average molecular weight is 421 g/mol. The fourth-order valence-corrected chi connectivity index (χ4v) is 4.08. The van der Waals surface area contributed by atoms with E-state index in [0.717, 1.165) is 42.9 Å². The Bertz CT molecular complexity index is 965. The number of carbonyl (C=O) groups is 2. The number of hydrazone groups is 1. The Morgan fingerprint density at radius 2 is 1.77 bits per heavy atom. The standard InChI is InChI=1S/C24H28N4O3/c29-23(30)17-27-13-10-19-8-9-22(14-21(19)16-27)26-24(31)20-6-4-18(5-7-20)15-25-28-11-2-1-3-12-28/h4-9,14-15H,1-3,10-13,16-17H2,(H,26,31)(H,29,30). The second kappa shape index (κ2) is 9.75. The largest absolute Gasteiger partial charge is 0.480 e. The molecular formula is C24H28N4O3. The number of fused-ring (bicyclic) bond motifs is 1. The third-order valence-corrected chi connectivity index (χ3v) is 5.79. The summed E-state index contributed by atoms with van der Waals surface area (Å²) in [6.45, 7) is 3.36. The number of anilines is 1. The fraction of sp³-hybridized carbons (Fsp3) is 0.375. The molecule has 7 nitrogen and oxygen atoms in total. The normalized spacial score (nSPS) is 16.8. The van der Waals surface area contributed by atoms with E-state index in [-0.39, 0.29) is 12.5 Å². The molecule has 162 valence electrons. The van der Waals surface area contributed by atoms with Crippen molar-refractivity contribution < 1.29 is 14.7 Å². The molecule has 2 aromatic carbocycles. The van der Waals surface area contributed by atoms with Gasteiger partial charge in [0.15, 0.2) is 0 Å². The first-order chi connectivity index (χ1) is 15.1. The molecule has 2 aromatic rings. The fourth-order valence-electron chi connectivity index (χ4n) is 4.08. The molecule has 4 rings (SSSR count). The van der Waals surface area contributed by atoms with E-state index in [1.54, 1.807) is 12.1 Å². The summed E-state index contributed by atoms with van der Waals surface area (Å²) in [5, 5.41) is 18.6. The molecule has 31 heavy (non-hydrogen) atoms. The van der Waals surface area contributed by atoms with Gasteiger partial charge < -0.3 is 10.4 Å². The number of carboxylic acid groups (broad SMARTS) is 1. The van der Waals surface area contributed by atoms with E-state index >= 15 is 0 Å². The van der Waals surface area contributed by atoms with Gasteiger partial charge in [-0.15, -0.1) is 0 Å². The van der Waals surface area contributed by atoms with Crippen molar-refractivity contribution in [2.24, 2.45) is 5.10 Å². The lowest BCUT2D eigenvalue weighted by Crippen LogP contribution is -2.34. The lowest BCUT2D eigenvalue weighted by atomic mass is 9.99. The number of piperidine rings is 1. The molecule has 0 unspecified atom stereocenters. The predicted molar refractivity (Wildman–Crippen MR) is 120 cm³/mol. The zero-order valence-electron chi connectivity index (χ0n) is 17.6. The number of benzene rings is 2. The quantitative estimate of drug-likeness (QED) is 0.701. The highest BCUT2D eigenvalue weighted by atomic mass is 16.4. The molecule has 2 heterocycles. The monoisotopic (exact) mass is 420 g/mol. The van der Waals surface area contributed by atoms with Crippen LogP contribution < -0.4 is 5.32 Å². The van der Waals surface area contributed by atoms with E-state index in [2.05, 4.69) is 15.4 Å². The van der Waals surface area contributed by atoms with Gasteiger partial charge in [0.2, 0.25) is 0 Å². The van der Waals surface area contributed by atoms with E-state index in [1.165, 1.54) is 24.8 Å². The summed E-state index contributed by atoms with van der Waals surface area (Å²) < 4.78 is 0. The molecule has 0 aliphatic carbocycles. The lowest BCUT2D eigenvalue weighted by Gasteiger charge is -2.27. The number of hydrogen-bond donors (Lipinski definition) is 2. The number of carboxylic acids is 1. The van der Waals surface area contributed by atoms with Crippen LogP contribution >= 0.6 is 0 Å². The Kier molecular flexibility index (Phi) is 6.62. The maximum absolute atomic E-state index is 12.7. The number of nitrogens with zero attached hydrogens (tertiary/aromatic N) is 3. The Hall–Kier alpha value is -3.19. The van der Waals surface area contributed by atoms with Crippen molar-refractivity contribution in [1.82, 2.24) is 9.91 Å². The van der Waals surface area contributed by atoms with Gasteiger partial charge in [-0.2, -0.15) is 5.10 Å². The number of amides is 1. The van der Waals surface area contributed by atoms with Crippen molar-refractivity contribution in [1.29, 1.82) is 0 Å². The molecule has 0 bridgehead atoms. The summed E-state index contributed by atoms with van der Waals surface area (Å²) in [7, 11) is 0. The molecular weight excluding hydrogens is 392 g/mol. The second-order valence-electron chi connectivity index (χ2n) is 8.17. The van der Waals surface area contributed by atoms with Crippen molar-refractivity contribution in [2.45, 2.75) is 32.2 Å². The van der Waals surface area contributed by atoms with Crippen LogP contribution in [-0.4, -0.2) is 59.3 Å². The number of nitrogens with one attached hydrogen (secondary N) is 1. The number of rotatable bonds is 6. The van der Waals surface area contributed by atoms with E-state index in [9.17, 15) is 9.59 Å². The molecule has 1 fully saturated rings. The molecule has 2 aliphatic heterocycles. The maximum atomic E-state index is 12.7. The molecule has 0 aromatic heterocycles. The van der Waals surface area contributed by atoms with Crippen LogP contribution in [0, 0.1) is 0 Å². The van der Waals surface area contributed by atoms with Crippen LogP contribution in [0.4, 0.5) is 5.69 Å². The summed E-state index contributed by atoms with van der Waals surface area (Å²) in [4.78, 5) is 25.6. The Labute approximate surface area is 182 Å². The number of carbonyl (C=O) groups excluding carboxylic acids is 1. The predicted octanol–water partition coefficient (Wildman–Crippen LogP) is 3.20. The molecule has 0 saturated carbocycles. The van der Waals surface area contributed by atoms with Gasteiger partial charge in [-0.1, -0.05) is 18.2 Å². The average Bonchev–Trinajstić information content (AvgIpc) is 2.78. The summed E-state index contributed by atoms with van der Waals surface area (Å²) in [5.41, 5.74) is 4.54. The van der Waals surface area contributed by atoms with Crippen molar-refractivity contribution in [3.63, 3.8) is 0 Å². The minimum absolute atomic E-state index is 0.0312. The summed E-state index contributed by atoms with van der Waals surface area (Å²) >= 11 is 0. The maximum Gasteiger partial charge on any atom is 0.317 e. The van der Waals surface area contributed by atoms with Crippen molar-refractivity contribution in [2.75, 3.05) is 31.5 Å². The molecule has 7 heteroatoms. The first kappa shape index (κ1) is 21.1. The van der Waals surface area contributed by atoms with Crippen LogP contribution in [0.3, 0.4) is 0 Å². The smallest absolute Gasteiger partial charge is 0.317 e. The summed E-state index contributed by atoms with van der Waals surface area (Å²) in [5.74, 6) is -0.991. The van der Waals surface area contributed by atoms with Crippen LogP contribution in [0.5, 0.6) is 0 Å². The van der Waals surface area contributed by atoms with E-state index in [0.29, 0.717) is 12.1 Å². The first-order valence-corrected chi connectivity index (χ1v) is 10.8. The topological polar surface area (TPSA) is 85.2 Å². The lowest BCUT2D eigenvalue weighted by molar-refractivity contribution is -0.138. The van der Waals surface area contributed by atoms with Crippen LogP contribution in [0.25, 0.3) is 0 Å². The Morgan fingerprint density at radius 3 is 2.52 bits per heavy atom. The first-order valence-electron chi connectivity index (χ1n) is 10.8. The Balaban J connectivity index is 1.37. The molecule has 2 N–H and O–H groups in total. The van der Waals surface area contributed by atoms with Gasteiger partial charge in [0, 0.05) is 37.4 Å². The Morgan fingerprint density at radius 1 is 1.00 bits per heavy atom. The van der Waals surface area contributed by atoms with Crippen LogP contribution in [0.2, 0.25) is 0 Å². The molecule has 1 amide bonds. The van der Waals surface area contributed by atoms with E-state index in [1.807, 2.05) is 41.4 Å². The minimum atomic E-state index is -0.822. The zero-order chi connectivity index (χ0) is 21.6. The van der Waals surface area contributed by atoms with Gasteiger partial charge in [-0.3, -0.25) is 19.5 Å². The van der Waals surface area contributed by atoms with Gasteiger partial charge in [0.25, 0.3) is 5.91 Å². The van der Waals surface area contributed by atoms with Crippen LogP contribution in [0.1, 0.15) is 46.3 Å². The van der Waals surface area contributed by atoms with Gasteiger partial charge in [-0.05, 0) is 66.6 Å². The van der Waals surface area contributed by atoms with Gasteiger partial charge >= 0.3 is 5.97 Å². The second-order valence-corrected chi connectivity index (χ2v) is 8.17. The van der Waals surface area contributed by atoms with Crippen molar-refractivity contribution in [3.8, 4) is 0 Å². The zero-order valence-corrected chi connectivity index (χ0v) is 17.6. The van der Waals surface area contributed by atoms with Gasteiger partial charge in [0.05, 0.1) is 12.8 Å². The highest BCUT2D eigenvalue weighted by Gasteiger charge is 2.19. The van der Waals surface area contributed by atoms with E-state index in [4.69, 9.17) is 5.11 Å². The highest BCUT2D eigenvalue weighted by Crippen LogP contribution is 2.23. The summed E-state index contributed by atoms with van der Waals surface area (Å²) in [6, 6.07) is 13.3. The number of hydrogen-bond acceptors (Lipinski definition) is 5. The third kappa shape index (κ3) is 5.70. The van der Waals surface area contributed by atoms with Gasteiger partial charge in [0.1, 0.15) is 0 Å². The van der Waals surface area contributed by atoms with Crippen molar-refractivity contribution >= 4 is 23.8 Å². The molecule has 0 radical (unpaired) electrons. The molecule has 0 atom stereocenters. The number of aliphatic carboxylic acids is 1. The summed E-state index contributed by atoms with van der Waals surface area (Å²) in [6.07, 6.45) is 6.32. The SMILES string of the molecule is O=C(O)CN1CCc2ccc(NC(=O)c3ccc(C=NN4CCCCC4)cc3)cc2C1. The molecule has 2 aliphatic rings. The molecule has 0 spiro atoms. The highest BCUT2D eigenvalue weighted by molar-refractivity contribution is 6.04. The van der Waals surface area contributed by atoms with E-state index < -0.39 is 5.97 Å². The third-order valence-electron chi connectivity index (χ3n) is 5.79. The molecule has 1 saturated heterocycles. The van der Waals surface area contributed by atoms with Crippen molar-refractivity contribution in [3.05, 3.63) is 64.7 Å². The van der Waals surface area contributed by atoms with Gasteiger partial charge in [-0.25, -0.2) is 0 Å². The van der Waals surface area contributed by atoms with Crippen LogP contribution in [0.15, 0.2) is 47.6 Å². The van der Waals surface area contributed by atoms with Crippen LogP contribution in [-0.2, 0) is 17.8 Å². The minimum Gasteiger partial charge on any atom is -0.480 e.